The Labute approximate surface area is 228 Å². The molecule has 0 aliphatic rings. The molecule has 2 N–H and O–H groups in total. The van der Waals surface area contributed by atoms with Gasteiger partial charge in [0, 0.05) is 12.2 Å². The maximum Gasteiger partial charge on any atom is 0.408 e. The Morgan fingerprint density at radius 2 is 1.58 bits per heavy atom. The Hall–Kier alpha value is -3.35. The molecular weight excluding hydrogens is 478 g/mol. The van der Waals surface area contributed by atoms with E-state index in [-0.39, 0.29) is 17.7 Å². The van der Waals surface area contributed by atoms with E-state index in [1.165, 1.54) is 0 Å². The Morgan fingerprint density at radius 3 is 2.16 bits per heavy atom. The van der Waals surface area contributed by atoms with Crippen LogP contribution in [0.15, 0.2) is 54.6 Å². The molecule has 0 bridgehead atoms. The summed E-state index contributed by atoms with van der Waals surface area (Å²) in [6.07, 6.45) is 2.64. The number of para-hydroxylation sites is 1. The van der Waals surface area contributed by atoms with Crippen LogP contribution in [0.5, 0.6) is 0 Å². The smallest absolute Gasteiger partial charge is 0.408 e. The van der Waals surface area contributed by atoms with Gasteiger partial charge in [0.2, 0.25) is 5.91 Å². The molecular formula is C31H45N3O4. The maximum atomic E-state index is 14.3. The van der Waals surface area contributed by atoms with Gasteiger partial charge >= 0.3 is 6.09 Å². The third-order valence-electron chi connectivity index (χ3n) is 6.52. The number of unbranched alkanes of at least 4 members (excludes halogenated alkanes) is 2. The number of amides is 3. The molecule has 2 aromatic rings. The zero-order chi connectivity index (χ0) is 28.3. The first kappa shape index (κ1) is 30.9. The summed E-state index contributed by atoms with van der Waals surface area (Å²) in [5.74, 6) is -0.759. The van der Waals surface area contributed by atoms with E-state index < -0.39 is 23.8 Å². The van der Waals surface area contributed by atoms with Crippen LogP contribution in [0.2, 0.25) is 0 Å². The van der Waals surface area contributed by atoms with Crippen molar-refractivity contribution in [2.45, 2.75) is 91.8 Å². The summed E-state index contributed by atoms with van der Waals surface area (Å²) in [4.78, 5) is 42.5. The third kappa shape index (κ3) is 9.19. The van der Waals surface area contributed by atoms with E-state index in [1.54, 1.807) is 25.7 Å². The fourth-order valence-corrected chi connectivity index (χ4v) is 4.22. The van der Waals surface area contributed by atoms with Gasteiger partial charge in [-0.3, -0.25) is 9.59 Å². The van der Waals surface area contributed by atoms with Gasteiger partial charge in [0.15, 0.2) is 0 Å². The second-order valence-corrected chi connectivity index (χ2v) is 10.9. The van der Waals surface area contributed by atoms with Crippen LogP contribution in [-0.4, -0.2) is 41.0 Å². The van der Waals surface area contributed by atoms with Gasteiger partial charge in [0.25, 0.3) is 5.91 Å². The molecule has 208 valence electrons. The molecule has 3 unspecified atom stereocenters. The summed E-state index contributed by atoms with van der Waals surface area (Å²) in [5.41, 5.74) is 1.64. The highest BCUT2D eigenvalue weighted by atomic mass is 16.6. The number of benzene rings is 2. The molecule has 7 heteroatoms. The number of hydrogen-bond acceptors (Lipinski definition) is 4. The van der Waals surface area contributed by atoms with Crippen molar-refractivity contribution in [3.63, 3.8) is 0 Å². The number of carbonyl (C=O) groups excluding carboxylic acids is 3. The second kappa shape index (κ2) is 14.6. The second-order valence-electron chi connectivity index (χ2n) is 10.9. The summed E-state index contributed by atoms with van der Waals surface area (Å²) < 4.78 is 5.48. The lowest BCUT2D eigenvalue weighted by atomic mass is 9.95. The third-order valence-corrected chi connectivity index (χ3v) is 6.52. The maximum absolute atomic E-state index is 14.3. The molecule has 3 atom stereocenters. The van der Waals surface area contributed by atoms with E-state index in [0.717, 1.165) is 24.8 Å². The van der Waals surface area contributed by atoms with Gasteiger partial charge in [-0.15, -0.1) is 0 Å². The Balaban J connectivity index is 2.51. The Bertz CT molecular complexity index is 1050. The van der Waals surface area contributed by atoms with Gasteiger partial charge in [0.05, 0.1) is 0 Å². The van der Waals surface area contributed by atoms with Crippen LogP contribution in [0.3, 0.4) is 0 Å². The highest BCUT2D eigenvalue weighted by Crippen LogP contribution is 2.27. The van der Waals surface area contributed by atoms with E-state index in [0.29, 0.717) is 24.2 Å². The minimum atomic E-state index is -0.868. The number of hydrogen-bond donors (Lipinski definition) is 2. The van der Waals surface area contributed by atoms with Crippen LogP contribution >= 0.6 is 0 Å². The predicted octanol–water partition coefficient (Wildman–Crippen LogP) is 6.63. The number of carbonyl (C=O) groups is 3. The molecule has 3 amide bonds. The zero-order valence-corrected chi connectivity index (χ0v) is 24.0. The van der Waals surface area contributed by atoms with Gasteiger partial charge in [-0.1, -0.05) is 88.6 Å². The van der Waals surface area contributed by atoms with Crippen molar-refractivity contribution in [3.05, 3.63) is 65.7 Å². The van der Waals surface area contributed by atoms with Crippen molar-refractivity contribution in [2.24, 2.45) is 5.92 Å². The van der Waals surface area contributed by atoms with Gasteiger partial charge in [-0.2, -0.15) is 0 Å². The van der Waals surface area contributed by atoms with Crippen LogP contribution in [0, 0.1) is 12.8 Å². The first-order valence-electron chi connectivity index (χ1n) is 13.7. The number of rotatable bonds is 12. The highest BCUT2D eigenvalue weighted by Gasteiger charge is 2.38. The summed E-state index contributed by atoms with van der Waals surface area (Å²) in [6.45, 7) is 13.7. The fraction of sp³-hybridized carbons (Fsp3) is 0.516. The molecule has 2 aromatic carbocycles. The number of ether oxygens (including phenoxy) is 1. The molecule has 0 spiro atoms. The van der Waals surface area contributed by atoms with Crippen molar-refractivity contribution >= 4 is 23.6 Å². The quantitative estimate of drug-likeness (QED) is 0.306. The lowest BCUT2D eigenvalue weighted by Gasteiger charge is -2.36. The summed E-state index contributed by atoms with van der Waals surface area (Å²) >= 11 is 0. The molecule has 0 saturated carbocycles. The molecule has 7 nitrogen and oxygen atoms in total. The monoisotopic (exact) mass is 523 g/mol. The average molecular weight is 524 g/mol. The van der Waals surface area contributed by atoms with Crippen molar-refractivity contribution in [1.82, 2.24) is 10.2 Å². The summed E-state index contributed by atoms with van der Waals surface area (Å²) in [5, 5.41) is 5.86. The number of nitrogens with one attached hydrogen (secondary N) is 2. The van der Waals surface area contributed by atoms with Gasteiger partial charge in [-0.05, 0) is 57.2 Å². The standard InChI is InChI=1S/C31H45N3O4/c1-8-10-16-21-34(29(36)26(22(3)9-2)33-30(37)38-31(5,6)7)27(24-18-12-11-13-19-24)28(35)32-25-20-15-14-17-23(25)4/h11-15,17-20,22,26-27H,8-10,16,21H2,1-7H3,(H,32,35)(H,33,37). The first-order valence-corrected chi connectivity index (χ1v) is 13.7. The zero-order valence-electron chi connectivity index (χ0n) is 24.0. The largest absolute Gasteiger partial charge is 0.444 e. The fourth-order valence-electron chi connectivity index (χ4n) is 4.22. The van der Waals surface area contributed by atoms with Crippen molar-refractivity contribution in [3.8, 4) is 0 Å². The molecule has 0 aromatic heterocycles. The first-order chi connectivity index (χ1) is 18.0. The molecule has 0 saturated heterocycles. The van der Waals surface area contributed by atoms with Crippen LogP contribution in [0.25, 0.3) is 0 Å². The predicted molar refractivity (Wildman–Crippen MR) is 153 cm³/mol. The van der Waals surface area contributed by atoms with E-state index >= 15 is 0 Å². The van der Waals surface area contributed by atoms with Crippen molar-refractivity contribution < 1.29 is 19.1 Å². The Morgan fingerprint density at radius 1 is 0.947 bits per heavy atom. The topological polar surface area (TPSA) is 87.7 Å². The minimum Gasteiger partial charge on any atom is -0.444 e. The van der Waals surface area contributed by atoms with Gasteiger partial charge in [0.1, 0.15) is 17.7 Å². The lowest BCUT2D eigenvalue weighted by Crippen LogP contribution is -2.55. The summed E-state index contributed by atoms with van der Waals surface area (Å²) in [6, 6.07) is 15.2. The molecule has 0 fully saturated rings. The van der Waals surface area contributed by atoms with Gasteiger partial charge < -0.3 is 20.3 Å². The minimum absolute atomic E-state index is 0.167. The molecule has 38 heavy (non-hydrogen) atoms. The number of anilines is 1. The highest BCUT2D eigenvalue weighted by molar-refractivity contribution is 5.99. The van der Waals surface area contributed by atoms with E-state index in [1.807, 2.05) is 75.4 Å². The normalized spacial score (nSPS) is 13.7. The van der Waals surface area contributed by atoms with Crippen LogP contribution in [0.4, 0.5) is 10.5 Å². The number of alkyl carbamates (subject to hydrolysis) is 1. The van der Waals surface area contributed by atoms with Crippen LogP contribution in [0.1, 0.15) is 84.4 Å². The molecule has 0 aliphatic carbocycles. The molecule has 0 aliphatic heterocycles. The van der Waals surface area contributed by atoms with E-state index in [4.69, 9.17) is 4.74 Å². The van der Waals surface area contributed by atoms with Crippen molar-refractivity contribution in [1.29, 1.82) is 0 Å². The van der Waals surface area contributed by atoms with Gasteiger partial charge in [-0.25, -0.2) is 4.79 Å². The van der Waals surface area contributed by atoms with Crippen LogP contribution in [-0.2, 0) is 14.3 Å². The summed E-state index contributed by atoms with van der Waals surface area (Å²) in [7, 11) is 0. The average Bonchev–Trinajstić information content (AvgIpc) is 2.87. The number of aryl methyl sites for hydroxylation is 1. The van der Waals surface area contributed by atoms with Crippen molar-refractivity contribution in [2.75, 3.05) is 11.9 Å². The van der Waals surface area contributed by atoms with E-state index in [2.05, 4.69) is 17.6 Å². The number of nitrogens with zero attached hydrogens (tertiary/aromatic N) is 1. The molecule has 2 rings (SSSR count). The SMILES string of the molecule is CCCCCN(C(=O)C(NC(=O)OC(C)(C)C)C(C)CC)C(C(=O)Nc1ccccc1C)c1ccccc1. The molecule has 0 radical (unpaired) electrons. The lowest BCUT2D eigenvalue weighted by molar-refractivity contribution is -0.142. The molecule has 0 heterocycles. The van der Waals surface area contributed by atoms with Crippen LogP contribution < -0.4 is 10.6 Å². The van der Waals surface area contributed by atoms with E-state index in [9.17, 15) is 14.4 Å². The Kier molecular flexibility index (Phi) is 11.8.